The van der Waals surface area contributed by atoms with Crippen LogP contribution in [0.4, 0.5) is 5.95 Å². The van der Waals surface area contributed by atoms with Gasteiger partial charge in [0.25, 0.3) is 5.91 Å². The molecule has 2 aromatic rings. The van der Waals surface area contributed by atoms with E-state index in [1.54, 1.807) is 18.2 Å². The van der Waals surface area contributed by atoms with Crippen molar-refractivity contribution in [2.75, 3.05) is 5.32 Å². The number of amides is 1. The molecule has 110 valence electrons. The maximum absolute atomic E-state index is 12.2. The van der Waals surface area contributed by atoms with Gasteiger partial charge in [-0.2, -0.15) is 0 Å². The van der Waals surface area contributed by atoms with E-state index in [1.807, 2.05) is 19.9 Å². The second kappa shape index (κ2) is 7.13. The van der Waals surface area contributed by atoms with Gasteiger partial charge in [-0.1, -0.05) is 26.0 Å². The number of benzene rings is 1. The van der Waals surface area contributed by atoms with Crippen LogP contribution in [0.25, 0.3) is 0 Å². The summed E-state index contributed by atoms with van der Waals surface area (Å²) < 4.78 is 0. The minimum atomic E-state index is -0.268. The molecule has 0 saturated heterocycles. The summed E-state index contributed by atoms with van der Waals surface area (Å²) in [7, 11) is 0. The first-order valence-electron chi connectivity index (χ1n) is 6.86. The van der Waals surface area contributed by atoms with E-state index in [2.05, 4.69) is 20.5 Å². The van der Waals surface area contributed by atoms with Crippen LogP contribution in [0.2, 0.25) is 0 Å². The number of carbonyl (C=O) groups is 1. The number of nitrogens with one attached hydrogen (secondary N) is 1. The standard InChI is InChI=1S/C15H17ClN4O/c1-3-12-13(4-2)19-20-15(17-12)18-14(21)11-7-5-6-10(8-11)9-16/h5-8H,3-4,9H2,1-2H3,(H,17,18,20,21). The third-order valence-corrected chi connectivity index (χ3v) is 3.39. The third kappa shape index (κ3) is 3.76. The summed E-state index contributed by atoms with van der Waals surface area (Å²) in [6.07, 6.45) is 1.53. The van der Waals surface area contributed by atoms with Crippen molar-refractivity contribution < 1.29 is 4.79 Å². The first-order valence-corrected chi connectivity index (χ1v) is 7.40. The lowest BCUT2D eigenvalue weighted by atomic mass is 10.1. The molecule has 1 aromatic heterocycles. The van der Waals surface area contributed by atoms with Gasteiger partial charge in [0.2, 0.25) is 5.95 Å². The molecule has 0 unspecified atom stereocenters. The Morgan fingerprint density at radius 3 is 2.62 bits per heavy atom. The van der Waals surface area contributed by atoms with Crippen LogP contribution >= 0.6 is 11.6 Å². The molecule has 2 rings (SSSR count). The molecule has 1 N–H and O–H groups in total. The molecule has 0 bridgehead atoms. The predicted molar refractivity (Wildman–Crippen MR) is 82.5 cm³/mol. The fraction of sp³-hybridized carbons (Fsp3) is 0.333. The molecule has 0 atom stereocenters. The third-order valence-electron chi connectivity index (χ3n) is 3.08. The van der Waals surface area contributed by atoms with Gasteiger partial charge in [-0.05, 0) is 30.5 Å². The SMILES string of the molecule is CCc1nnc(NC(=O)c2cccc(CCl)c2)nc1CC. The van der Waals surface area contributed by atoms with Crippen molar-refractivity contribution >= 4 is 23.5 Å². The molecule has 1 aromatic carbocycles. The second-order valence-corrected chi connectivity index (χ2v) is 4.79. The Morgan fingerprint density at radius 2 is 1.95 bits per heavy atom. The molecular formula is C15H17ClN4O. The number of alkyl halides is 1. The fourth-order valence-electron chi connectivity index (χ4n) is 1.96. The average molecular weight is 305 g/mol. The van der Waals surface area contributed by atoms with Gasteiger partial charge in [0.05, 0.1) is 11.4 Å². The number of aryl methyl sites for hydroxylation is 2. The van der Waals surface area contributed by atoms with Crippen LogP contribution in [-0.4, -0.2) is 21.1 Å². The number of halogens is 1. The Kier molecular flexibility index (Phi) is 5.22. The van der Waals surface area contributed by atoms with Crippen LogP contribution in [0, 0.1) is 0 Å². The molecule has 21 heavy (non-hydrogen) atoms. The number of anilines is 1. The highest BCUT2D eigenvalue weighted by Crippen LogP contribution is 2.11. The number of carbonyl (C=O) groups excluding carboxylic acids is 1. The zero-order chi connectivity index (χ0) is 15.2. The highest BCUT2D eigenvalue weighted by molar-refractivity contribution is 6.17. The van der Waals surface area contributed by atoms with Crippen LogP contribution < -0.4 is 5.32 Å². The molecule has 5 nitrogen and oxygen atoms in total. The quantitative estimate of drug-likeness (QED) is 0.862. The minimum absolute atomic E-state index is 0.227. The Hall–Kier alpha value is -2.01. The summed E-state index contributed by atoms with van der Waals surface area (Å²) in [6, 6.07) is 7.13. The highest BCUT2D eigenvalue weighted by atomic mass is 35.5. The van der Waals surface area contributed by atoms with Gasteiger partial charge in [0.15, 0.2) is 0 Å². The fourth-order valence-corrected chi connectivity index (χ4v) is 2.13. The van der Waals surface area contributed by atoms with Crippen molar-refractivity contribution in [2.24, 2.45) is 0 Å². The Labute approximate surface area is 128 Å². The van der Waals surface area contributed by atoms with E-state index in [1.165, 1.54) is 0 Å². The molecular weight excluding hydrogens is 288 g/mol. The Morgan fingerprint density at radius 1 is 1.19 bits per heavy atom. The Bertz CT molecular complexity index is 645. The number of rotatable bonds is 5. The molecule has 0 aliphatic rings. The molecule has 6 heteroatoms. The van der Waals surface area contributed by atoms with Gasteiger partial charge in [-0.25, -0.2) is 4.98 Å². The van der Waals surface area contributed by atoms with Gasteiger partial charge in [-0.15, -0.1) is 21.8 Å². The van der Waals surface area contributed by atoms with Crippen LogP contribution in [0.1, 0.15) is 41.2 Å². The molecule has 1 heterocycles. The molecule has 0 aliphatic carbocycles. The molecule has 0 saturated carbocycles. The first kappa shape index (κ1) is 15.4. The largest absolute Gasteiger partial charge is 0.289 e. The van der Waals surface area contributed by atoms with E-state index in [0.29, 0.717) is 11.4 Å². The highest BCUT2D eigenvalue weighted by Gasteiger charge is 2.11. The van der Waals surface area contributed by atoms with Crippen LogP contribution in [-0.2, 0) is 18.7 Å². The topological polar surface area (TPSA) is 67.8 Å². The summed E-state index contributed by atoms with van der Waals surface area (Å²) >= 11 is 5.77. The average Bonchev–Trinajstić information content (AvgIpc) is 2.54. The molecule has 0 radical (unpaired) electrons. The van der Waals surface area contributed by atoms with Crippen molar-refractivity contribution in [2.45, 2.75) is 32.6 Å². The lowest BCUT2D eigenvalue weighted by Crippen LogP contribution is -2.16. The molecule has 1 amide bonds. The number of hydrogen-bond donors (Lipinski definition) is 1. The zero-order valence-corrected chi connectivity index (χ0v) is 12.8. The predicted octanol–water partition coefficient (Wildman–Crippen LogP) is 2.99. The lowest BCUT2D eigenvalue weighted by molar-refractivity contribution is 0.102. The van der Waals surface area contributed by atoms with Gasteiger partial charge in [-0.3, -0.25) is 10.1 Å². The molecule has 0 aliphatic heterocycles. The van der Waals surface area contributed by atoms with Crippen LogP contribution in [0.15, 0.2) is 24.3 Å². The summed E-state index contributed by atoms with van der Waals surface area (Å²) in [6.45, 7) is 4.00. The van der Waals surface area contributed by atoms with Crippen molar-refractivity contribution in [1.29, 1.82) is 0 Å². The van der Waals surface area contributed by atoms with Crippen molar-refractivity contribution in [3.05, 3.63) is 46.8 Å². The summed E-state index contributed by atoms with van der Waals surface area (Å²) in [4.78, 5) is 16.5. The van der Waals surface area contributed by atoms with Crippen LogP contribution in [0.3, 0.4) is 0 Å². The summed E-state index contributed by atoms with van der Waals surface area (Å²) in [5.41, 5.74) is 3.13. The number of aromatic nitrogens is 3. The van der Waals surface area contributed by atoms with Gasteiger partial charge in [0.1, 0.15) is 0 Å². The van der Waals surface area contributed by atoms with Crippen LogP contribution in [0.5, 0.6) is 0 Å². The zero-order valence-electron chi connectivity index (χ0n) is 12.1. The van der Waals surface area contributed by atoms with E-state index in [0.717, 1.165) is 29.8 Å². The first-order chi connectivity index (χ1) is 10.2. The van der Waals surface area contributed by atoms with Crippen molar-refractivity contribution in [1.82, 2.24) is 15.2 Å². The van der Waals surface area contributed by atoms with Gasteiger partial charge in [0, 0.05) is 11.4 Å². The van der Waals surface area contributed by atoms with E-state index in [9.17, 15) is 4.79 Å². The van der Waals surface area contributed by atoms with Crippen molar-refractivity contribution in [3.63, 3.8) is 0 Å². The molecule has 0 spiro atoms. The Balaban J connectivity index is 2.19. The van der Waals surface area contributed by atoms with E-state index in [-0.39, 0.29) is 11.9 Å². The van der Waals surface area contributed by atoms with E-state index >= 15 is 0 Å². The van der Waals surface area contributed by atoms with E-state index < -0.39 is 0 Å². The summed E-state index contributed by atoms with van der Waals surface area (Å²) in [5.74, 6) is 0.324. The lowest BCUT2D eigenvalue weighted by Gasteiger charge is -2.07. The number of nitrogens with zero attached hydrogens (tertiary/aromatic N) is 3. The van der Waals surface area contributed by atoms with Crippen molar-refractivity contribution in [3.8, 4) is 0 Å². The molecule has 0 fully saturated rings. The van der Waals surface area contributed by atoms with Gasteiger partial charge < -0.3 is 0 Å². The normalized spacial score (nSPS) is 10.4. The monoisotopic (exact) mass is 304 g/mol. The van der Waals surface area contributed by atoms with E-state index in [4.69, 9.17) is 11.6 Å². The smallest absolute Gasteiger partial charge is 0.258 e. The maximum atomic E-state index is 12.2. The van der Waals surface area contributed by atoms with Gasteiger partial charge >= 0.3 is 0 Å². The minimum Gasteiger partial charge on any atom is -0.289 e. The maximum Gasteiger partial charge on any atom is 0.258 e. The second-order valence-electron chi connectivity index (χ2n) is 4.52. The summed E-state index contributed by atoms with van der Waals surface area (Å²) in [5, 5.41) is 10.7. The number of hydrogen-bond acceptors (Lipinski definition) is 4.